The quantitative estimate of drug-likeness (QED) is 0.585. The standard InChI is InChI=1S/C10H14N2O3/c1-7(13)6-11-9-4-3-5-10(8(9)2)12(14)15/h3-5,7,11,13H,6H2,1-2H3. The Morgan fingerprint density at radius 1 is 1.60 bits per heavy atom. The predicted molar refractivity (Wildman–Crippen MR) is 58.0 cm³/mol. The van der Waals surface area contributed by atoms with E-state index in [0.717, 1.165) is 0 Å². The van der Waals surface area contributed by atoms with E-state index in [2.05, 4.69) is 5.32 Å². The van der Waals surface area contributed by atoms with Crippen LogP contribution in [0.2, 0.25) is 0 Å². The molecule has 0 aliphatic carbocycles. The summed E-state index contributed by atoms with van der Waals surface area (Å²) in [7, 11) is 0. The van der Waals surface area contributed by atoms with Crippen LogP contribution in [0.15, 0.2) is 18.2 Å². The maximum Gasteiger partial charge on any atom is 0.274 e. The van der Waals surface area contributed by atoms with Crippen LogP contribution in [0.25, 0.3) is 0 Å². The molecule has 1 unspecified atom stereocenters. The van der Waals surface area contributed by atoms with Gasteiger partial charge in [0.15, 0.2) is 0 Å². The van der Waals surface area contributed by atoms with Crippen LogP contribution >= 0.6 is 0 Å². The molecule has 0 amide bonds. The average molecular weight is 210 g/mol. The summed E-state index contributed by atoms with van der Waals surface area (Å²) in [5.41, 5.74) is 1.36. The largest absolute Gasteiger partial charge is 0.392 e. The van der Waals surface area contributed by atoms with Crippen molar-refractivity contribution < 1.29 is 10.0 Å². The van der Waals surface area contributed by atoms with Crippen molar-refractivity contribution in [1.29, 1.82) is 0 Å². The fraction of sp³-hybridized carbons (Fsp3) is 0.400. The summed E-state index contributed by atoms with van der Waals surface area (Å²) in [5, 5.41) is 22.7. The van der Waals surface area contributed by atoms with Crippen molar-refractivity contribution in [2.45, 2.75) is 20.0 Å². The van der Waals surface area contributed by atoms with E-state index in [1.54, 1.807) is 26.0 Å². The molecular formula is C10H14N2O3. The van der Waals surface area contributed by atoms with Gasteiger partial charge in [-0.05, 0) is 19.9 Å². The smallest absolute Gasteiger partial charge is 0.274 e. The molecule has 0 aliphatic heterocycles. The number of nitro benzene ring substituents is 1. The zero-order valence-electron chi connectivity index (χ0n) is 8.73. The summed E-state index contributed by atoms with van der Waals surface area (Å²) in [6, 6.07) is 4.84. The highest BCUT2D eigenvalue weighted by molar-refractivity contribution is 5.59. The van der Waals surface area contributed by atoms with Gasteiger partial charge < -0.3 is 10.4 Å². The SMILES string of the molecule is Cc1c(NCC(C)O)cccc1[N+](=O)[O-]. The van der Waals surface area contributed by atoms with Crippen molar-refractivity contribution in [2.24, 2.45) is 0 Å². The van der Waals surface area contributed by atoms with E-state index in [1.807, 2.05) is 0 Å². The summed E-state index contributed by atoms with van der Waals surface area (Å²) < 4.78 is 0. The highest BCUT2D eigenvalue weighted by Crippen LogP contribution is 2.24. The van der Waals surface area contributed by atoms with Gasteiger partial charge in [-0.15, -0.1) is 0 Å². The first-order chi connectivity index (χ1) is 7.02. The van der Waals surface area contributed by atoms with Crippen LogP contribution in [0.3, 0.4) is 0 Å². The number of aliphatic hydroxyl groups excluding tert-OH is 1. The van der Waals surface area contributed by atoms with Gasteiger partial charge in [0, 0.05) is 23.9 Å². The maximum atomic E-state index is 10.6. The fourth-order valence-electron chi connectivity index (χ4n) is 1.27. The molecule has 0 saturated carbocycles. The molecule has 0 fully saturated rings. The monoisotopic (exact) mass is 210 g/mol. The van der Waals surface area contributed by atoms with Crippen molar-refractivity contribution in [1.82, 2.24) is 0 Å². The van der Waals surface area contributed by atoms with Gasteiger partial charge in [0.2, 0.25) is 0 Å². The first-order valence-corrected chi connectivity index (χ1v) is 4.68. The molecule has 0 aliphatic rings. The zero-order valence-corrected chi connectivity index (χ0v) is 8.73. The number of anilines is 1. The van der Waals surface area contributed by atoms with Gasteiger partial charge in [-0.25, -0.2) is 0 Å². The Morgan fingerprint density at radius 3 is 2.80 bits per heavy atom. The lowest BCUT2D eigenvalue weighted by Gasteiger charge is -2.10. The second-order valence-electron chi connectivity index (χ2n) is 3.44. The van der Waals surface area contributed by atoms with E-state index in [0.29, 0.717) is 17.8 Å². The number of nitrogens with zero attached hydrogens (tertiary/aromatic N) is 1. The van der Waals surface area contributed by atoms with Gasteiger partial charge >= 0.3 is 0 Å². The number of hydrogen-bond acceptors (Lipinski definition) is 4. The molecule has 0 bridgehead atoms. The van der Waals surface area contributed by atoms with Crippen LogP contribution in [0, 0.1) is 17.0 Å². The molecule has 0 spiro atoms. The van der Waals surface area contributed by atoms with Gasteiger partial charge in [-0.3, -0.25) is 10.1 Å². The van der Waals surface area contributed by atoms with E-state index < -0.39 is 11.0 Å². The number of aliphatic hydroxyl groups is 1. The fourth-order valence-corrected chi connectivity index (χ4v) is 1.27. The molecule has 1 aromatic rings. The Hall–Kier alpha value is -1.62. The molecular weight excluding hydrogens is 196 g/mol. The molecule has 1 aromatic carbocycles. The third-order valence-corrected chi connectivity index (χ3v) is 2.09. The minimum absolute atomic E-state index is 0.0885. The molecule has 1 rings (SSSR count). The van der Waals surface area contributed by atoms with Crippen molar-refractivity contribution in [3.63, 3.8) is 0 Å². The van der Waals surface area contributed by atoms with Gasteiger partial charge in [-0.1, -0.05) is 6.07 Å². The molecule has 2 N–H and O–H groups in total. The summed E-state index contributed by atoms with van der Waals surface area (Å²) in [4.78, 5) is 10.2. The molecule has 1 atom stereocenters. The topological polar surface area (TPSA) is 75.4 Å². The Labute approximate surface area is 87.9 Å². The second kappa shape index (κ2) is 4.75. The molecule has 0 radical (unpaired) electrons. The second-order valence-corrected chi connectivity index (χ2v) is 3.44. The minimum atomic E-state index is -0.483. The third-order valence-electron chi connectivity index (χ3n) is 2.09. The van der Waals surface area contributed by atoms with Crippen LogP contribution in [-0.2, 0) is 0 Å². The summed E-state index contributed by atoms with van der Waals surface area (Å²) >= 11 is 0. The van der Waals surface area contributed by atoms with Crippen molar-refractivity contribution in [3.05, 3.63) is 33.9 Å². The molecule has 5 heteroatoms. The van der Waals surface area contributed by atoms with E-state index in [9.17, 15) is 10.1 Å². The van der Waals surface area contributed by atoms with Gasteiger partial charge in [0.05, 0.1) is 11.0 Å². The van der Waals surface area contributed by atoms with Crippen LogP contribution in [-0.4, -0.2) is 22.7 Å². The van der Waals surface area contributed by atoms with E-state index in [1.165, 1.54) is 6.07 Å². The summed E-state index contributed by atoms with van der Waals surface area (Å²) in [6.07, 6.45) is -0.483. The van der Waals surface area contributed by atoms with Crippen LogP contribution < -0.4 is 5.32 Å². The molecule has 15 heavy (non-hydrogen) atoms. The average Bonchev–Trinajstić information content (AvgIpc) is 2.15. The Bertz CT molecular complexity index is 364. The number of hydrogen-bond donors (Lipinski definition) is 2. The molecule has 82 valence electrons. The van der Waals surface area contributed by atoms with E-state index in [4.69, 9.17) is 5.11 Å². The van der Waals surface area contributed by atoms with Crippen LogP contribution in [0.5, 0.6) is 0 Å². The number of rotatable bonds is 4. The van der Waals surface area contributed by atoms with Crippen molar-refractivity contribution in [2.75, 3.05) is 11.9 Å². The Morgan fingerprint density at radius 2 is 2.27 bits per heavy atom. The highest BCUT2D eigenvalue weighted by atomic mass is 16.6. The van der Waals surface area contributed by atoms with Crippen LogP contribution in [0.4, 0.5) is 11.4 Å². The number of nitrogens with one attached hydrogen (secondary N) is 1. The normalized spacial score (nSPS) is 12.2. The molecule has 0 saturated heterocycles. The van der Waals surface area contributed by atoms with Crippen LogP contribution in [0.1, 0.15) is 12.5 Å². The molecule has 5 nitrogen and oxygen atoms in total. The van der Waals surface area contributed by atoms with Crippen molar-refractivity contribution >= 4 is 11.4 Å². The van der Waals surface area contributed by atoms with E-state index >= 15 is 0 Å². The Balaban J connectivity index is 2.89. The summed E-state index contributed by atoms with van der Waals surface area (Å²) in [5.74, 6) is 0. The minimum Gasteiger partial charge on any atom is -0.392 e. The van der Waals surface area contributed by atoms with E-state index in [-0.39, 0.29) is 5.69 Å². The lowest BCUT2D eigenvalue weighted by atomic mass is 10.1. The van der Waals surface area contributed by atoms with Gasteiger partial charge in [-0.2, -0.15) is 0 Å². The summed E-state index contributed by atoms with van der Waals surface area (Å²) in [6.45, 7) is 3.71. The first-order valence-electron chi connectivity index (χ1n) is 4.68. The third kappa shape index (κ3) is 2.92. The zero-order chi connectivity index (χ0) is 11.4. The number of benzene rings is 1. The lowest BCUT2D eigenvalue weighted by molar-refractivity contribution is -0.385. The Kier molecular flexibility index (Phi) is 3.62. The molecule has 0 heterocycles. The first kappa shape index (κ1) is 11.5. The highest BCUT2D eigenvalue weighted by Gasteiger charge is 2.12. The molecule has 0 aromatic heterocycles. The van der Waals surface area contributed by atoms with Gasteiger partial charge in [0.1, 0.15) is 0 Å². The maximum absolute atomic E-state index is 10.6. The van der Waals surface area contributed by atoms with Crippen molar-refractivity contribution in [3.8, 4) is 0 Å². The predicted octanol–water partition coefficient (Wildman–Crippen LogP) is 1.70. The van der Waals surface area contributed by atoms with Gasteiger partial charge in [0.25, 0.3) is 5.69 Å². The number of nitro groups is 1. The lowest BCUT2D eigenvalue weighted by Crippen LogP contribution is -2.16.